The largest absolute Gasteiger partial charge is 0.496 e. The molecule has 1 N–H and O–H groups in total. The van der Waals surface area contributed by atoms with E-state index in [-0.39, 0.29) is 5.91 Å². The Morgan fingerprint density at radius 3 is 2.71 bits per heavy atom. The van der Waals surface area contributed by atoms with Crippen LogP contribution in [0.4, 0.5) is 0 Å². The third-order valence-corrected chi connectivity index (χ3v) is 4.56. The van der Waals surface area contributed by atoms with E-state index in [0.717, 1.165) is 27.8 Å². The number of benzene rings is 2. The van der Waals surface area contributed by atoms with Gasteiger partial charge in [0.2, 0.25) is 5.91 Å². The Hall–Kier alpha value is -1.91. The topological polar surface area (TPSA) is 38.3 Å². The molecule has 0 radical (unpaired) electrons. The van der Waals surface area contributed by atoms with Gasteiger partial charge in [-0.25, -0.2) is 0 Å². The van der Waals surface area contributed by atoms with Crippen LogP contribution in [-0.4, -0.2) is 25.3 Å². The maximum atomic E-state index is 11.8. The highest BCUT2D eigenvalue weighted by Gasteiger charge is 2.00. The highest BCUT2D eigenvalue weighted by molar-refractivity contribution is 7.98. The van der Waals surface area contributed by atoms with Gasteiger partial charge in [-0.2, -0.15) is 11.8 Å². The van der Waals surface area contributed by atoms with E-state index in [1.807, 2.05) is 48.5 Å². The number of carbonyl (C=O) groups is 1. The monoisotopic (exact) mass is 361 g/mol. The van der Waals surface area contributed by atoms with Gasteiger partial charge < -0.3 is 10.1 Å². The second-order valence-electron chi connectivity index (χ2n) is 5.05. The quantitative estimate of drug-likeness (QED) is 0.559. The van der Waals surface area contributed by atoms with E-state index in [2.05, 4.69) is 5.32 Å². The Kier molecular flexibility index (Phi) is 7.72. The molecule has 2 aromatic carbocycles. The van der Waals surface area contributed by atoms with Crippen molar-refractivity contribution in [3.05, 3.63) is 70.8 Å². The summed E-state index contributed by atoms with van der Waals surface area (Å²) in [6.45, 7) is 0.632. The molecule has 1 amide bonds. The molecular weight excluding hydrogens is 342 g/mol. The molecule has 2 rings (SSSR count). The van der Waals surface area contributed by atoms with Crippen LogP contribution in [0.3, 0.4) is 0 Å². The van der Waals surface area contributed by atoms with Crippen LogP contribution in [-0.2, 0) is 10.5 Å². The minimum absolute atomic E-state index is 0.104. The lowest BCUT2D eigenvalue weighted by Gasteiger charge is -2.04. The van der Waals surface area contributed by atoms with E-state index >= 15 is 0 Å². The average Bonchev–Trinajstić information content (AvgIpc) is 2.61. The lowest BCUT2D eigenvalue weighted by atomic mass is 10.2. The lowest BCUT2D eigenvalue weighted by molar-refractivity contribution is -0.116. The van der Waals surface area contributed by atoms with Gasteiger partial charge in [0.05, 0.1) is 7.11 Å². The van der Waals surface area contributed by atoms with Gasteiger partial charge in [-0.3, -0.25) is 4.79 Å². The summed E-state index contributed by atoms with van der Waals surface area (Å²) in [5, 5.41) is 3.63. The number of hydrogen-bond acceptors (Lipinski definition) is 3. The van der Waals surface area contributed by atoms with E-state index in [9.17, 15) is 4.79 Å². The molecule has 126 valence electrons. The normalized spacial score (nSPS) is 10.8. The molecule has 0 aliphatic rings. The molecule has 24 heavy (non-hydrogen) atoms. The Bertz CT molecular complexity index is 686. The number of halogens is 1. The van der Waals surface area contributed by atoms with Crippen molar-refractivity contribution in [1.29, 1.82) is 0 Å². The zero-order chi connectivity index (χ0) is 17.2. The van der Waals surface area contributed by atoms with Crippen LogP contribution in [0.15, 0.2) is 54.6 Å². The van der Waals surface area contributed by atoms with Crippen molar-refractivity contribution < 1.29 is 9.53 Å². The van der Waals surface area contributed by atoms with E-state index in [1.165, 1.54) is 11.6 Å². The number of methoxy groups -OCH3 is 1. The van der Waals surface area contributed by atoms with Gasteiger partial charge in [-0.15, -0.1) is 0 Å². The number of rotatable bonds is 8. The number of ether oxygens (including phenoxy) is 1. The number of nitrogens with one attached hydrogen (secondary N) is 1. The zero-order valence-electron chi connectivity index (χ0n) is 13.5. The Balaban J connectivity index is 1.68. The third kappa shape index (κ3) is 6.30. The lowest BCUT2D eigenvalue weighted by Crippen LogP contribution is -2.23. The molecule has 0 bridgehead atoms. The SMILES string of the molecule is COc1ccccc1/C=C/C(=O)NCCSCc1ccc(Cl)cc1. The van der Waals surface area contributed by atoms with Crippen LogP contribution in [0.5, 0.6) is 5.75 Å². The fourth-order valence-corrected chi connectivity index (χ4v) is 2.99. The molecule has 0 saturated heterocycles. The maximum absolute atomic E-state index is 11.8. The molecule has 0 spiro atoms. The van der Waals surface area contributed by atoms with Gasteiger partial charge in [-0.1, -0.05) is 41.9 Å². The van der Waals surface area contributed by atoms with E-state index < -0.39 is 0 Å². The van der Waals surface area contributed by atoms with Gasteiger partial charge in [0.25, 0.3) is 0 Å². The second kappa shape index (κ2) is 10.1. The molecule has 5 heteroatoms. The van der Waals surface area contributed by atoms with Crippen molar-refractivity contribution in [1.82, 2.24) is 5.32 Å². The molecule has 0 aliphatic heterocycles. The summed E-state index contributed by atoms with van der Waals surface area (Å²) in [5.74, 6) is 2.41. The molecule has 2 aromatic rings. The average molecular weight is 362 g/mol. The smallest absolute Gasteiger partial charge is 0.244 e. The first kappa shape index (κ1) is 18.4. The Morgan fingerprint density at radius 1 is 1.21 bits per heavy atom. The van der Waals surface area contributed by atoms with Crippen molar-refractivity contribution in [3.8, 4) is 5.75 Å². The van der Waals surface area contributed by atoms with E-state index in [0.29, 0.717) is 6.54 Å². The first-order chi connectivity index (χ1) is 11.7. The number of carbonyl (C=O) groups excluding carboxylic acids is 1. The molecule has 0 saturated carbocycles. The number of para-hydroxylation sites is 1. The molecule has 0 atom stereocenters. The standard InChI is InChI=1S/C19H20ClNO2S/c1-23-18-5-3-2-4-16(18)8-11-19(22)21-12-13-24-14-15-6-9-17(20)10-7-15/h2-11H,12-14H2,1H3,(H,21,22)/b11-8+. The summed E-state index contributed by atoms with van der Waals surface area (Å²) < 4.78 is 5.25. The predicted molar refractivity (Wildman–Crippen MR) is 103 cm³/mol. The van der Waals surface area contributed by atoms with Crippen molar-refractivity contribution in [3.63, 3.8) is 0 Å². The van der Waals surface area contributed by atoms with Gasteiger partial charge in [0, 0.05) is 34.7 Å². The molecule has 0 aromatic heterocycles. The highest BCUT2D eigenvalue weighted by Crippen LogP contribution is 2.18. The predicted octanol–water partition coefficient (Wildman–Crippen LogP) is 4.41. The minimum atomic E-state index is -0.104. The summed E-state index contributed by atoms with van der Waals surface area (Å²) in [6, 6.07) is 15.4. The summed E-state index contributed by atoms with van der Waals surface area (Å²) in [5.41, 5.74) is 2.11. The van der Waals surface area contributed by atoms with Crippen LogP contribution in [0, 0.1) is 0 Å². The molecule has 0 fully saturated rings. The molecular formula is C19H20ClNO2S. The van der Waals surface area contributed by atoms with E-state index in [4.69, 9.17) is 16.3 Å². The highest BCUT2D eigenvalue weighted by atomic mass is 35.5. The van der Waals surface area contributed by atoms with Gasteiger partial charge >= 0.3 is 0 Å². The Labute approximate surface area is 152 Å². The van der Waals surface area contributed by atoms with Crippen LogP contribution < -0.4 is 10.1 Å². The summed E-state index contributed by atoms with van der Waals surface area (Å²) in [7, 11) is 1.62. The maximum Gasteiger partial charge on any atom is 0.244 e. The van der Waals surface area contributed by atoms with Gasteiger partial charge in [-0.05, 0) is 29.8 Å². The van der Waals surface area contributed by atoms with Crippen LogP contribution >= 0.6 is 23.4 Å². The molecule has 0 aliphatic carbocycles. The van der Waals surface area contributed by atoms with Crippen molar-refractivity contribution >= 4 is 35.3 Å². The summed E-state index contributed by atoms with van der Waals surface area (Å²) in [6.07, 6.45) is 3.29. The van der Waals surface area contributed by atoms with Crippen molar-refractivity contribution in [2.45, 2.75) is 5.75 Å². The molecule has 0 unspecified atom stereocenters. The zero-order valence-corrected chi connectivity index (χ0v) is 15.1. The summed E-state index contributed by atoms with van der Waals surface area (Å²) >= 11 is 7.63. The molecule has 3 nitrogen and oxygen atoms in total. The molecule has 0 heterocycles. The number of amides is 1. The van der Waals surface area contributed by atoms with Gasteiger partial charge in [0.15, 0.2) is 0 Å². The van der Waals surface area contributed by atoms with E-state index in [1.54, 1.807) is 24.9 Å². The van der Waals surface area contributed by atoms with Crippen molar-refractivity contribution in [2.75, 3.05) is 19.4 Å². The first-order valence-corrected chi connectivity index (χ1v) is 9.13. The van der Waals surface area contributed by atoms with Crippen LogP contribution in [0.25, 0.3) is 6.08 Å². The minimum Gasteiger partial charge on any atom is -0.496 e. The van der Waals surface area contributed by atoms with Crippen LogP contribution in [0.2, 0.25) is 5.02 Å². The number of thioether (sulfide) groups is 1. The van der Waals surface area contributed by atoms with Crippen molar-refractivity contribution in [2.24, 2.45) is 0 Å². The summed E-state index contributed by atoms with van der Waals surface area (Å²) in [4.78, 5) is 11.8. The second-order valence-corrected chi connectivity index (χ2v) is 6.59. The fraction of sp³-hybridized carbons (Fsp3) is 0.211. The van der Waals surface area contributed by atoms with Crippen LogP contribution in [0.1, 0.15) is 11.1 Å². The third-order valence-electron chi connectivity index (χ3n) is 3.28. The fourth-order valence-electron chi connectivity index (χ4n) is 2.05. The Morgan fingerprint density at radius 2 is 1.96 bits per heavy atom. The first-order valence-electron chi connectivity index (χ1n) is 7.60. The van der Waals surface area contributed by atoms with Gasteiger partial charge in [0.1, 0.15) is 5.75 Å². The number of hydrogen-bond donors (Lipinski definition) is 1.